The predicted octanol–water partition coefficient (Wildman–Crippen LogP) is 2.14. The Hall–Kier alpha value is -0.890. The van der Waals surface area contributed by atoms with Gasteiger partial charge in [-0.2, -0.15) is 0 Å². The summed E-state index contributed by atoms with van der Waals surface area (Å²) in [6.45, 7) is 6.92. The Morgan fingerprint density at radius 1 is 1.42 bits per heavy atom. The van der Waals surface area contributed by atoms with Crippen LogP contribution >= 0.6 is 0 Å². The maximum atomic E-state index is 4.16. The highest BCUT2D eigenvalue weighted by molar-refractivity contribution is 5.17. The van der Waals surface area contributed by atoms with E-state index in [2.05, 4.69) is 16.4 Å². The molecular weight excluding hydrogens is 148 g/mol. The average Bonchev–Trinajstić information content (AvgIpc) is 2.13. The SMILES string of the molecule is CC.CNCc1cccnc1C. The molecule has 0 aromatic carbocycles. The van der Waals surface area contributed by atoms with Gasteiger partial charge in [0.15, 0.2) is 0 Å². The van der Waals surface area contributed by atoms with Crippen LogP contribution in [0.15, 0.2) is 18.3 Å². The third-order valence-corrected chi connectivity index (χ3v) is 1.48. The lowest BCUT2D eigenvalue weighted by Gasteiger charge is -2.01. The van der Waals surface area contributed by atoms with Gasteiger partial charge in [-0.05, 0) is 25.6 Å². The van der Waals surface area contributed by atoms with E-state index in [4.69, 9.17) is 0 Å². The first-order valence-corrected chi connectivity index (χ1v) is 4.39. The molecule has 1 rings (SSSR count). The maximum absolute atomic E-state index is 4.16. The molecule has 2 nitrogen and oxygen atoms in total. The van der Waals surface area contributed by atoms with Gasteiger partial charge >= 0.3 is 0 Å². The van der Waals surface area contributed by atoms with Crippen molar-refractivity contribution in [3.63, 3.8) is 0 Å². The van der Waals surface area contributed by atoms with Gasteiger partial charge in [0.05, 0.1) is 0 Å². The summed E-state index contributed by atoms with van der Waals surface area (Å²) in [5.41, 5.74) is 2.38. The van der Waals surface area contributed by atoms with Crippen molar-refractivity contribution >= 4 is 0 Å². The zero-order valence-corrected chi connectivity index (χ0v) is 8.39. The molecule has 0 atom stereocenters. The third-order valence-electron chi connectivity index (χ3n) is 1.48. The zero-order chi connectivity index (χ0) is 9.40. The van der Waals surface area contributed by atoms with Gasteiger partial charge in [-0.1, -0.05) is 19.9 Å². The van der Waals surface area contributed by atoms with Gasteiger partial charge in [-0.15, -0.1) is 0 Å². The molecule has 0 radical (unpaired) electrons. The standard InChI is InChI=1S/C8H12N2.C2H6/c1-7-8(6-9-2)4-3-5-10-7;1-2/h3-5,9H,6H2,1-2H3;1-2H3. The lowest BCUT2D eigenvalue weighted by molar-refractivity contribution is 0.804. The molecule has 1 aromatic heterocycles. The van der Waals surface area contributed by atoms with Crippen LogP contribution in [0.5, 0.6) is 0 Å². The first-order valence-electron chi connectivity index (χ1n) is 4.39. The van der Waals surface area contributed by atoms with Gasteiger partial charge < -0.3 is 5.32 Å². The monoisotopic (exact) mass is 166 g/mol. The van der Waals surface area contributed by atoms with E-state index in [9.17, 15) is 0 Å². The molecule has 0 bridgehead atoms. The number of nitrogens with one attached hydrogen (secondary N) is 1. The van der Waals surface area contributed by atoms with Gasteiger partial charge in [0.25, 0.3) is 0 Å². The number of nitrogens with zero attached hydrogens (tertiary/aromatic N) is 1. The van der Waals surface area contributed by atoms with Crippen LogP contribution in [0.2, 0.25) is 0 Å². The second kappa shape index (κ2) is 6.80. The fourth-order valence-corrected chi connectivity index (χ4v) is 0.895. The molecule has 0 amide bonds. The van der Waals surface area contributed by atoms with Crippen molar-refractivity contribution in [3.8, 4) is 0 Å². The molecule has 68 valence electrons. The van der Waals surface area contributed by atoms with Crippen molar-refractivity contribution in [2.75, 3.05) is 7.05 Å². The van der Waals surface area contributed by atoms with Gasteiger partial charge in [-0.25, -0.2) is 0 Å². The summed E-state index contributed by atoms with van der Waals surface area (Å²) in [6, 6.07) is 4.04. The quantitative estimate of drug-likeness (QED) is 0.728. The van der Waals surface area contributed by atoms with Crippen LogP contribution in [-0.2, 0) is 6.54 Å². The van der Waals surface area contributed by atoms with Crippen molar-refractivity contribution in [2.24, 2.45) is 0 Å². The highest BCUT2D eigenvalue weighted by atomic mass is 14.8. The Morgan fingerprint density at radius 3 is 2.58 bits per heavy atom. The van der Waals surface area contributed by atoms with E-state index in [1.165, 1.54) is 5.56 Å². The maximum Gasteiger partial charge on any atom is 0.0417 e. The van der Waals surface area contributed by atoms with Crippen LogP contribution in [0.1, 0.15) is 25.1 Å². The van der Waals surface area contributed by atoms with Crippen molar-refractivity contribution in [1.82, 2.24) is 10.3 Å². The number of aromatic nitrogens is 1. The molecule has 1 heterocycles. The van der Waals surface area contributed by atoms with Crippen molar-refractivity contribution in [3.05, 3.63) is 29.6 Å². The number of pyridine rings is 1. The summed E-state index contributed by atoms with van der Waals surface area (Å²) in [7, 11) is 1.94. The molecule has 0 unspecified atom stereocenters. The topological polar surface area (TPSA) is 24.9 Å². The van der Waals surface area contributed by atoms with E-state index >= 15 is 0 Å². The number of hydrogen-bond acceptors (Lipinski definition) is 2. The Kier molecular flexibility index (Phi) is 6.29. The molecule has 2 heteroatoms. The van der Waals surface area contributed by atoms with Gasteiger partial charge in [0.2, 0.25) is 0 Å². The highest BCUT2D eigenvalue weighted by Gasteiger charge is 1.93. The van der Waals surface area contributed by atoms with Crippen LogP contribution in [0.4, 0.5) is 0 Å². The Bertz CT molecular complexity index is 209. The molecule has 0 aliphatic rings. The number of hydrogen-bond donors (Lipinski definition) is 1. The van der Waals surface area contributed by atoms with Crippen LogP contribution in [-0.4, -0.2) is 12.0 Å². The number of aryl methyl sites for hydroxylation is 1. The normalized spacial score (nSPS) is 8.67. The van der Waals surface area contributed by atoms with E-state index in [-0.39, 0.29) is 0 Å². The summed E-state index contributed by atoms with van der Waals surface area (Å²) < 4.78 is 0. The Balaban J connectivity index is 0.000000561. The van der Waals surface area contributed by atoms with Gasteiger partial charge in [-0.3, -0.25) is 4.98 Å². The van der Waals surface area contributed by atoms with E-state index in [1.54, 1.807) is 0 Å². The fraction of sp³-hybridized carbons (Fsp3) is 0.500. The summed E-state index contributed by atoms with van der Waals surface area (Å²) in [5, 5.41) is 3.08. The average molecular weight is 166 g/mol. The minimum Gasteiger partial charge on any atom is -0.316 e. The Morgan fingerprint density at radius 2 is 2.08 bits per heavy atom. The first kappa shape index (κ1) is 11.1. The molecule has 0 aliphatic carbocycles. The molecular formula is C10H18N2. The van der Waals surface area contributed by atoms with Crippen LogP contribution in [0, 0.1) is 6.92 Å². The summed E-state index contributed by atoms with van der Waals surface area (Å²) in [6.07, 6.45) is 1.81. The minimum absolute atomic E-state index is 0.902. The molecule has 0 spiro atoms. The number of rotatable bonds is 2. The lowest BCUT2D eigenvalue weighted by atomic mass is 10.2. The van der Waals surface area contributed by atoms with Gasteiger partial charge in [0, 0.05) is 18.4 Å². The molecule has 0 fully saturated rings. The second-order valence-corrected chi connectivity index (χ2v) is 2.28. The van der Waals surface area contributed by atoms with E-state index in [1.807, 2.05) is 40.1 Å². The highest BCUT2D eigenvalue weighted by Crippen LogP contribution is 2.01. The smallest absolute Gasteiger partial charge is 0.0417 e. The summed E-state index contributed by atoms with van der Waals surface area (Å²) in [4.78, 5) is 4.16. The van der Waals surface area contributed by atoms with E-state index in [0.717, 1.165) is 12.2 Å². The van der Waals surface area contributed by atoms with Crippen LogP contribution in [0.3, 0.4) is 0 Å². The van der Waals surface area contributed by atoms with E-state index in [0.29, 0.717) is 0 Å². The molecule has 1 aromatic rings. The van der Waals surface area contributed by atoms with Crippen LogP contribution < -0.4 is 5.32 Å². The van der Waals surface area contributed by atoms with Gasteiger partial charge in [0.1, 0.15) is 0 Å². The summed E-state index contributed by atoms with van der Waals surface area (Å²) >= 11 is 0. The Labute approximate surface area is 75.0 Å². The lowest BCUT2D eigenvalue weighted by Crippen LogP contribution is -2.06. The van der Waals surface area contributed by atoms with Crippen molar-refractivity contribution in [1.29, 1.82) is 0 Å². The first-order chi connectivity index (χ1) is 5.84. The molecule has 0 saturated carbocycles. The largest absolute Gasteiger partial charge is 0.316 e. The third kappa shape index (κ3) is 3.49. The predicted molar refractivity (Wildman–Crippen MR) is 53.1 cm³/mol. The molecule has 0 saturated heterocycles. The molecule has 1 N–H and O–H groups in total. The fourth-order valence-electron chi connectivity index (χ4n) is 0.895. The van der Waals surface area contributed by atoms with Crippen molar-refractivity contribution in [2.45, 2.75) is 27.3 Å². The van der Waals surface area contributed by atoms with Crippen LogP contribution in [0.25, 0.3) is 0 Å². The molecule has 0 aliphatic heterocycles. The minimum atomic E-state index is 0.902. The van der Waals surface area contributed by atoms with Crippen molar-refractivity contribution < 1.29 is 0 Å². The molecule has 12 heavy (non-hydrogen) atoms. The summed E-state index contributed by atoms with van der Waals surface area (Å²) in [5.74, 6) is 0. The second-order valence-electron chi connectivity index (χ2n) is 2.28. The van der Waals surface area contributed by atoms with E-state index < -0.39 is 0 Å². The zero-order valence-electron chi connectivity index (χ0n) is 8.39.